The van der Waals surface area contributed by atoms with Gasteiger partial charge in [0.15, 0.2) is 0 Å². The van der Waals surface area contributed by atoms with Gasteiger partial charge in [-0.15, -0.1) is 0 Å². The van der Waals surface area contributed by atoms with Crippen LogP contribution in [0, 0.1) is 32.6 Å². The number of nitrogens with one attached hydrogen (secondary N) is 2. The summed E-state index contributed by atoms with van der Waals surface area (Å²) in [6.45, 7) is 11.2. The van der Waals surface area contributed by atoms with Gasteiger partial charge in [-0.05, 0) is 82.7 Å². The molecule has 2 aromatic rings. The summed E-state index contributed by atoms with van der Waals surface area (Å²) < 4.78 is 0. The van der Waals surface area contributed by atoms with Crippen molar-refractivity contribution in [2.45, 2.75) is 53.0 Å². The van der Waals surface area contributed by atoms with Gasteiger partial charge in [-0.25, -0.2) is 0 Å². The van der Waals surface area contributed by atoms with Crippen LogP contribution in [0.4, 0.5) is 0 Å². The number of nitrogens with zero attached hydrogens (tertiary/aromatic N) is 2. The molecule has 3 heterocycles. The maximum Gasteiger partial charge on any atom is 0.270 e. The molecule has 178 valence electrons. The number of aromatic amines is 1. The predicted molar refractivity (Wildman–Crippen MR) is 131 cm³/mol. The first-order valence-corrected chi connectivity index (χ1v) is 12.4. The average molecular weight is 451 g/mol. The zero-order valence-electron chi connectivity index (χ0n) is 20.3. The Morgan fingerprint density at radius 1 is 1.03 bits per heavy atom. The van der Waals surface area contributed by atoms with Crippen LogP contribution >= 0.6 is 0 Å². The van der Waals surface area contributed by atoms with Crippen LogP contribution in [0.15, 0.2) is 30.3 Å². The number of rotatable bonds is 6. The monoisotopic (exact) mass is 450 g/mol. The molecule has 1 aromatic carbocycles. The number of piperidine rings is 2. The fourth-order valence-corrected chi connectivity index (χ4v) is 5.17. The van der Waals surface area contributed by atoms with Crippen LogP contribution in [0.25, 0.3) is 0 Å². The summed E-state index contributed by atoms with van der Waals surface area (Å²) in [4.78, 5) is 33.4. The van der Waals surface area contributed by atoms with Gasteiger partial charge in [-0.2, -0.15) is 0 Å². The molecule has 6 heteroatoms. The van der Waals surface area contributed by atoms with Gasteiger partial charge in [0, 0.05) is 31.9 Å². The van der Waals surface area contributed by atoms with Crippen molar-refractivity contribution in [1.29, 1.82) is 0 Å². The Morgan fingerprint density at radius 3 is 2.42 bits per heavy atom. The normalized spacial score (nSPS) is 20.1. The topological polar surface area (TPSA) is 68.4 Å². The SMILES string of the molecule is Cc1ccc(CN2CCC(CNC(=O)[C@@H]3CCCN(C(=O)c4[nH]c(C)cc4C)C3)CC2)cc1. The highest BCUT2D eigenvalue weighted by atomic mass is 16.2. The Morgan fingerprint density at radius 2 is 1.76 bits per heavy atom. The number of H-pyrrole nitrogens is 1. The zero-order valence-corrected chi connectivity index (χ0v) is 20.3. The summed E-state index contributed by atoms with van der Waals surface area (Å²) in [5.74, 6) is 0.544. The lowest BCUT2D eigenvalue weighted by Gasteiger charge is -2.34. The first-order valence-electron chi connectivity index (χ1n) is 12.4. The zero-order chi connectivity index (χ0) is 23.4. The third kappa shape index (κ3) is 6.05. The second-order valence-electron chi connectivity index (χ2n) is 10.1. The van der Waals surface area contributed by atoms with Crippen molar-refractivity contribution in [3.8, 4) is 0 Å². The van der Waals surface area contributed by atoms with Gasteiger partial charge in [-0.1, -0.05) is 29.8 Å². The van der Waals surface area contributed by atoms with Crippen molar-refractivity contribution in [1.82, 2.24) is 20.1 Å². The molecular formula is C27H38N4O2. The third-order valence-electron chi connectivity index (χ3n) is 7.24. The van der Waals surface area contributed by atoms with Crippen LogP contribution in [0.5, 0.6) is 0 Å². The van der Waals surface area contributed by atoms with Gasteiger partial charge in [0.05, 0.1) is 5.92 Å². The molecule has 2 aliphatic rings. The lowest BCUT2D eigenvalue weighted by Crippen LogP contribution is -2.47. The number of aromatic nitrogens is 1. The van der Waals surface area contributed by atoms with E-state index in [1.54, 1.807) is 0 Å². The first kappa shape index (κ1) is 23.6. The molecule has 0 spiro atoms. The highest BCUT2D eigenvalue weighted by Gasteiger charge is 2.30. The van der Waals surface area contributed by atoms with E-state index < -0.39 is 0 Å². The van der Waals surface area contributed by atoms with Gasteiger partial charge in [-0.3, -0.25) is 14.5 Å². The van der Waals surface area contributed by atoms with Gasteiger partial charge in [0.1, 0.15) is 5.69 Å². The molecule has 2 aliphatic heterocycles. The molecule has 1 atom stereocenters. The van der Waals surface area contributed by atoms with Crippen LogP contribution in [0.3, 0.4) is 0 Å². The number of aryl methyl sites for hydroxylation is 3. The number of hydrogen-bond donors (Lipinski definition) is 2. The summed E-state index contributed by atoms with van der Waals surface area (Å²) in [7, 11) is 0. The third-order valence-corrected chi connectivity index (χ3v) is 7.24. The Bertz CT molecular complexity index is 957. The smallest absolute Gasteiger partial charge is 0.270 e. The summed E-state index contributed by atoms with van der Waals surface area (Å²) in [5, 5.41) is 3.20. The average Bonchev–Trinajstić information content (AvgIpc) is 3.17. The number of hydrogen-bond acceptors (Lipinski definition) is 3. The molecule has 2 N–H and O–H groups in total. The highest BCUT2D eigenvalue weighted by Crippen LogP contribution is 2.22. The van der Waals surface area contributed by atoms with E-state index in [2.05, 4.69) is 46.4 Å². The Balaban J connectivity index is 1.21. The molecule has 2 amide bonds. The van der Waals surface area contributed by atoms with Gasteiger partial charge < -0.3 is 15.2 Å². The van der Waals surface area contributed by atoms with E-state index >= 15 is 0 Å². The minimum Gasteiger partial charge on any atom is -0.356 e. The molecule has 0 aliphatic carbocycles. The standard InChI is InChI=1S/C27H38N4O2/c1-19-6-8-23(9-7-19)17-30-13-10-22(11-14-30)16-28-26(32)24-5-4-12-31(18-24)27(33)25-20(2)15-21(3)29-25/h6-9,15,22,24,29H,4-5,10-14,16-18H2,1-3H3,(H,28,32)/t24-/m1/s1. The van der Waals surface area contributed by atoms with Crippen LogP contribution < -0.4 is 5.32 Å². The van der Waals surface area contributed by atoms with E-state index in [-0.39, 0.29) is 17.7 Å². The number of amides is 2. The highest BCUT2D eigenvalue weighted by molar-refractivity contribution is 5.94. The minimum atomic E-state index is -0.110. The van der Waals surface area contributed by atoms with Crippen LogP contribution in [0.2, 0.25) is 0 Å². The molecule has 4 rings (SSSR count). The quantitative estimate of drug-likeness (QED) is 0.703. The summed E-state index contributed by atoms with van der Waals surface area (Å²) in [5.41, 5.74) is 5.29. The number of carbonyl (C=O) groups is 2. The van der Waals surface area contributed by atoms with Crippen LogP contribution in [0.1, 0.15) is 58.6 Å². The van der Waals surface area contributed by atoms with E-state index in [1.165, 1.54) is 11.1 Å². The van der Waals surface area contributed by atoms with Crippen molar-refractivity contribution in [2.75, 3.05) is 32.7 Å². The van der Waals surface area contributed by atoms with Crippen LogP contribution in [-0.4, -0.2) is 59.3 Å². The van der Waals surface area contributed by atoms with Crippen molar-refractivity contribution in [2.24, 2.45) is 11.8 Å². The number of carbonyl (C=O) groups excluding carboxylic acids is 2. The molecule has 2 fully saturated rings. The van der Waals surface area contributed by atoms with Crippen molar-refractivity contribution < 1.29 is 9.59 Å². The van der Waals surface area contributed by atoms with E-state index in [4.69, 9.17) is 0 Å². The summed E-state index contributed by atoms with van der Waals surface area (Å²) in [6.07, 6.45) is 3.97. The second kappa shape index (κ2) is 10.6. The van der Waals surface area contributed by atoms with Gasteiger partial charge in [0.2, 0.25) is 5.91 Å². The maximum atomic E-state index is 12.9. The molecule has 1 aromatic heterocycles. The molecule has 2 saturated heterocycles. The predicted octanol–water partition coefficient (Wildman–Crippen LogP) is 3.82. The molecule has 0 saturated carbocycles. The number of likely N-dealkylation sites (tertiary alicyclic amines) is 2. The van der Waals surface area contributed by atoms with E-state index in [9.17, 15) is 9.59 Å². The molecule has 0 radical (unpaired) electrons. The van der Waals surface area contributed by atoms with Crippen LogP contribution in [-0.2, 0) is 11.3 Å². The van der Waals surface area contributed by atoms with Crippen molar-refractivity contribution in [3.05, 3.63) is 58.4 Å². The molecule has 6 nitrogen and oxygen atoms in total. The van der Waals surface area contributed by atoms with Gasteiger partial charge >= 0.3 is 0 Å². The van der Waals surface area contributed by atoms with Crippen molar-refractivity contribution in [3.63, 3.8) is 0 Å². The molecule has 0 unspecified atom stereocenters. The Kier molecular flexibility index (Phi) is 7.53. The largest absolute Gasteiger partial charge is 0.356 e. The summed E-state index contributed by atoms with van der Waals surface area (Å²) >= 11 is 0. The molecular weight excluding hydrogens is 412 g/mol. The van der Waals surface area contributed by atoms with E-state index in [0.29, 0.717) is 18.2 Å². The minimum absolute atomic E-state index is 0.0130. The lowest BCUT2D eigenvalue weighted by molar-refractivity contribution is -0.126. The van der Waals surface area contributed by atoms with E-state index in [0.717, 1.165) is 69.7 Å². The Hall–Kier alpha value is -2.60. The Labute approximate surface area is 197 Å². The number of benzene rings is 1. The van der Waals surface area contributed by atoms with Gasteiger partial charge in [0.25, 0.3) is 5.91 Å². The second-order valence-corrected chi connectivity index (χ2v) is 10.1. The first-order chi connectivity index (χ1) is 15.9. The van der Waals surface area contributed by atoms with Crippen molar-refractivity contribution >= 4 is 11.8 Å². The molecule has 0 bridgehead atoms. The summed E-state index contributed by atoms with van der Waals surface area (Å²) in [6, 6.07) is 10.8. The lowest BCUT2D eigenvalue weighted by atomic mass is 9.94. The van der Waals surface area contributed by atoms with E-state index in [1.807, 2.05) is 24.8 Å². The fraction of sp³-hybridized carbons (Fsp3) is 0.556. The maximum absolute atomic E-state index is 12.9. The molecule has 33 heavy (non-hydrogen) atoms. The fourth-order valence-electron chi connectivity index (χ4n) is 5.17.